The maximum absolute atomic E-state index is 11.8. The summed E-state index contributed by atoms with van der Waals surface area (Å²) in [7, 11) is 1.62. The third-order valence-corrected chi connectivity index (χ3v) is 3.82. The van der Waals surface area contributed by atoms with Crippen molar-refractivity contribution >= 4 is 11.6 Å². The molecule has 0 aliphatic carbocycles. The number of unbranched alkanes of at least 4 members (excludes halogenated alkanes) is 8. The average molecular weight is 316 g/mol. The molecule has 1 aromatic rings. The molecule has 1 rings (SSSR count). The van der Waals surface area contributed by atoms with Gasteiger partial charge in [-0.25, -0.2) is 0 Å². The molecule has 4 heteroatoms. The Labute approximate surface area is 139 Å². The zero-order chi connectivity index (χ0) is 16.8. The standard InChI is InChI=1S/C19H28N2O2/c1-23-18-14-12-17(13-15-18)21-19(22)11-9-7-5-3-2-4-6-8-10-16-20/h12-15H,2-11H2,1H3,(H,21,22). The van der Waals surface area contributed by atoms with Gasteiger partial charge in [0.2, 0.25) is 5.91 Å². The van der Waals surface area contributed by atoms with E-state index in [1.165, 1.54) is 25.7 Å². The lowest BCUT2D eigenvalue weighted by molar-refractivity contribution is -0.116. The first-order valence-electron chi connectivity index (χ1n) is 8.57. The highest BCUT2D eigenvalue weighted by Crippen LogP contribution is 2.16. The highest BCUT2D eigenvalue weighted by Gasteiger charge is 2.02. The van der Waals surface area contributed by atoms with Crippen molar-refractivity contribution in [3.63, 3.8) is 0 Å². The average Bonchev–Trinajstić information content (AvgIpc) is 2.57. The molecule has 1 N–H and O–H groups in total. The van der Waals surface area contributed by atoms with Crippen LogP contribution in [0, 0.1) is 11.3 Å². The van der Waals surface area contributed by atoms with E-state index >= 15 is 0 Å². The highest BCUT2D eigenvalue weighted by atomic mass is 16.5. The molecule has 1 amide bonds. The third kappa shape index (κ3) is 9.57. The third-order valence-electron chi connectivity index (χ3n) is 3.82. The Balaban J connectivity index is 1.98. The first-order valence-corrected chi connectivity index (χ1v) is 8.57. The number of nitrogens with zero attached hydrogens (tertiary/aromatic N) is 1. The summed E-state index contributed by atoms with van der Waals surface area (Å²) < 4.78 is 5.09. The van der Waals surface area contributed by atoms with Crippen molar-refractivity contribution in [2.75, 3.05) is 12.4 Å². The molecule has 0 radical (unpaired) electrons. The summed E-state index contributed by atoms with van der Waals surface area (Å²) in [4.78, 5) is 11.8. The van der Waals surface area contributed by atoms with Gasteiger partial charge in [0.05, 0.1) is 13.2 Å². The van der Waals surface area contributed by atoms with Crippen LogP contribution < -0.4 is 10.1 Å². The van der Waals surface area contributed by atoms with Crippen LogP contribution in [0.5, 0.6) is 5.75 Å². The summed E-state index contributed by atoms with van der Waals surface area (Å²) in [6.07, 6.45) is 10.4. The fourth-order valence-corrected chi connectivity index (χ4v) is 2.45. The summed E-state index contributed by atoms with van der Waals surface area (Å²) in [6, 6.07) is 9.56. The van der Waals surface area contributed by atoms with Crippen LogP contribution in [0.1, 0.15) is 64.2 Å². The predicted octanol–water partition coefficient (Wildman–Crippen LogP) is 5.06. The number of hydrogen-bond donors (Lipinski definition) is 1. The van der Waals surface area contributed by atoms with E-state index in [2.05, 4.69) is 11.4 Å². The Kier molecular flexibility index (Phi) is 10.4. The second-order valence-electron chi connectivity index (χ2n) is 5.76. The molecule has 0 heterocycles. The van der Waals surface area contributed by atoms with Crippen LogP contribution in [0.3, 0.4) is 0 Å². The largest absolute Gasteiger partial charge is 0.497 e. The zero-order valence-corrected chi connectivity index (χ0v) is 14.1. The summed E-state index contributed by atoms with van der Waals surface area (Å²) in [5.41, 5.74) is 0.813. The van der Waals surface area contributed by atoms with Gasteiger partial charge in [0.15, 0.2) is 0 Å². The van der Waals surface area contributed by atoms with E-state index in [1.807, 2.05) is 24.3 Å². The predicted molar refractivity (Wildman–Crippen MR) is 93.4 cm³/mol. The van der Waals surface area contributed by atoms with E-state index in [4.69, 9.17) is 10.00 Å². The van der Waals surface area contributed by atoms with Crippen molar-refractivity contribution in [2.45, 2.75) is 64.2 Å². The lowest BCUT2D eigenvalue weighted by Gasteiger charge is -2.06. The molecule has 0 saturated heterocycles. The van der Waals surface area contributed by atoms with Crippen molar-refractivity contribution < 1.29 is 9.53 Å². The minimum Gasteiger partial charge on any atom is -0.497 e. The first kappa shape index (κ1) is 19.0. The number of amides is 1. The van der Waals surface area contributed by atoms with Crippen LogP contribution in [0.4, 0.5) is 5.69 Å². The number of carbonyl (C=O) groups is 1. The van der Waals surface area contributed by atoms with Gasteiger partial charge < -0.3 is 10.1 Å². The molecule has 4 nitrogen and oxygen atoms in total. The number of benzene rings is 1. The number of nitrogens with one attached hydrogen (secondary N) is 1. The van der Waals surface area contributed by atoms with Gasteiger partial charge in [-0.3, -0.25) is 4.79 Å². The Morgan fingerprint density at radius 3 is 2.13 bits per heavy atom. The van der Waals surface area contributed by atoms with Crippen LogP contribution in [-0.4, -0.2) is 13.0 Å². The van der Waals surface area contributed by atoms with Crippen LogP contribution in [0.15, 0.2) is 24.3 Å². The van der Waals surface area contributed by atoms with Gasteiger partial charge in [0.25, 0.3) is 0 Å². The van der Waals surface area contributed by atoms with Gasteiger partial charge >= 0.3 is 0 Å². The van der Waals surface area contributed by atoms with Crippen molar-refractivity contribution in [1.82, 2.24) is 0 Å². The molecule has 126 valence electrons. The Morgan fingerprint density at radius 2 is 1.57 bits per heavy atom. The monoisotopic (exact) mass is 316 g/mol. The van der Waals surface area contributed by atoms with Crippen molar-refractivity contribution in [1.29, 1.82) is 5.26 Å². The fraction of sp³-hybridized carbons (Fsp3) is 0.579. The summed E-state index contributed by atoms with van der Waals surface area (Å²) in [6.45, 7) is 0. The number of hydrogen-bond acceptors (Lipinski definition) is 3. The number of nitriles is 1. The number of rotatable bonds is 12. The van der Waals surface area contributed by atoms with E-state index in [0.717, 1.165) is 37.1 Å². The molecule has 0 unspecified atom stereocenters. The molecular weight excluding hydrogens is 288 g/mol. The summed E-state index contributed by atoms with van der Waals surface area (Å²) in [5.74, 6) is 0.863. The lowest BCUT2D eigenvalue weighted by Crippen LogP contribution is -2.10. The van der Waals surface area contributed by atoms with E-state index in [9.17, 15) is 4.79 Å². The van der Waals surface area contributed by atoms with Gasteiger partial charge in [0.1, 0.15) is 5.75 Å². The van der Waals surface area contributed by atoms with Crippen LogP contribution in [-0.2, 0) is 4.79 Å². The summed E-state index contributed by atoms with van der Waals surface area (Å²) in [5, 5.41) is 11.3. The highest BCUT2D eigenvalue weighted by molar-refractivity contribution is 5.90. The maximum atomic E-state index is 11.8. The molecule has 1 aromatic carbocycles. The molecule has 0 spiro atoms. The Bertz CT molecular complexity index is 477. The molecule has 23 heavy (non-hydrogen) atoms. The quantitative estimate of drug-likeness (QED) is 0.548. The molecule has 0 saturated carbocycles. The Hall–Kier alpha value is -2.02. The second-order valence-corrected chi connectivity index (χ2v) is 5.76. The van der Waals surface area contributed by atoms with Crippen LogP contribution in [0.2, 0.25) is 0 Å². The SMILES string of the molecule is COc1ccc(NC(=O)CCCCCCCCCCC#N)cc1. The zero-order valence-electron chi connectivity index (χ0n) is 14.1. The molecule has 0 aliphatic heterocycles. The van der Waals surface area contributed by atoms with E-state index in [-0.39, 0.29) is 5.91 Å². The molecule has 0 aromatic heterocycles. The topological polar surface area (TPSA) is 62.1 Å². The van der Waals surface area contributed by atoms with Crippen LogP contribution >= 0.6 is 0 Å². The number of ether oxygens (including phenoxy) is 1. The van der Waals surface area contributed by atoms with E-state index in [1.54, 1.807) is 7.11 Å². The van der Waals surface area contributed by atoms with Gasteiger partial charge in [-0.2, -0.15) is 5.26 Å². The molecule has 0 bridgehead atoms. The van der Waals surface area contributed by atoms with Gasteiger partial charge in [-0.1, -0.05) is 38.5 Å². The fourth-order valence-electron chi connectivity index (χ4n) is 2.45. The van der Waals surface area contributed by atoms with Crippen molar-refractivity contribution in [3.05, 3.63) is 24.3 Å². The van der Waals surface area contributed by atoms with Crippen LogP contribution in [0.25, 0.3) is 0 Å². The van der Waals surface area contributed by atoms with E-state index in [0.29, 0.717) is 12.8 Å². The minimum atomic E-state index is 0.0756. The minimum absolute atomic E-state index is 0.0756. The van der Waals surface area contributed by atoms with Crippen molar-refractivity contribution in [3.8, 4) is 11.8 Å². The number of methoxy groups -OCH3 is 1. The second kappa shape index (κ2) is 12.5. The van der Waals surface area contributed by atoms with Gasteiger partial charge in [-0.15, -0.1) is 0 Å². The van der Waals surface area contributed by atoms with Gasteiger partial charge in [0, 0.05) is 18.5 Å². The number of carbonyl (C=O) groups excluding carboxylic acids is 1. The van der Waals surface area contributed by atoms with Crippen molar-refractivity contribution in [2.24, 2.45) is 0 Å². The normalized spacial score (nSPS) is 10.1. The smallest absolute Gasteiger partial charge is 0.224 e. The Morgan fingerprint density at radius 1 is 1.00 bits per heavy atom. The molecular formula is C19H28N2O2. The first-order chi connectivity index (χ1) is 11.3. The molecule has 0 fully saturated rings. The lowest BCUT2D eigenvalue weighted by atomic mass is 10.1. The summed E-state index contributed by atoms with van der Waals surface area (Å²) >= 11 is 0. The van der Waals surface area contributed by atoms with E-state index < -0.39 is 0 Å². The maximum Gasteiger partial charge on any atom is 0.224 e. The number of anilines is 1. The van der Waals surface area contributed by atoms with Gasteiger partial charge in [-0.05, 0) is 37.1 Å². The molecule has 0 aliphatic rings. The molecule has 0 atom stereocenters.